The van der Waals surface area contributed by atoms with Gasteiger partial charge in [0.05, 0.1) is 12.5 Å². The van der Waals surface area contributed by atoms with Crippen LogP contribution >= 0.6 is 0 Å². The van der Waals surface area contributed by atoms with Gasteiger partial charge in [0.2, 0.25) is 5.91 Å². The summed E-state index contributed by atoms with van der Waals surface area (Å²) in [6, 6.07) is 7.68. The van der Waals surface area contributed by atoms with E-state index >= 15 is 0 Å². The molecular weight excluding hydrogens is 318 g/mol. The number of hydrogen-bond acceptors (Lipinski definition) is 3. The molecule has 2 N–H and O–H groups in total. The van der Waals surface area contributed by atoms with E-state index in [-0.39, 0.29) is 11.9 Å². The molecular formula is C20H29NO4. The van der Waals surface area contributed by atoms with Gasteiger partial charge < -0.3 is 15.2 Å². The van der Waals surface area contributed by atoms with Crippen molar-refractivity contribution in [3.05, 3.63) is 29.8 Å². The summed E-state index contributed by atoms with van der Waals surface area (Å²) in [6.07, 6.45) is 6.34. The van der Waals surface area contributed by atoms with Gasteiger partial charge in [0.25, 0.3) is 0 Å². The minimum atomic E-state index is -0.793. The number of rotatable bonds is 8. The van der Waals surface area contributed by atoms with Crippen LogP contribution in [0.25, 0.3) is 0 Å². The second kappa shape index (κ2) is 10.1. The second-order valence-electron chi connectivity index (χ2n) is 6.88. The van der Waals surface area contributed by atoms with E-state index in [1.54, 1.807) is 0 Å². The van der Waals surface area contributed by atoms with E-state index in [2.05, 4.69) is 5.32 Å². The molecule has 1 aliphatic carbocycles. The Balaban J connectivity index is 1.66. The summed E-state index contributed by atoms with van der Waals surface area (Å²) in [7, 11) is 0. The largest absolute Gasteiger partial charge is 0.494 e. The number of carboxylic acids is 1. The average Bonchev–Trinajstić information content (AvgIpc) is 2.80. The molecule has 0 radical (unpaired) electrons. The molecule has 5 nitrogen and oxygen atoms in total. The predicted molar refractivity (Wildman–Crippen MR) is 96.7 cm³/mol. The lowest BCUT2D eigenvalue weighted by atomic mass is 9.94. The molecule has 1 saturated carbocycles. The zero-order valence-electron chi connectivity index (χ0n) is 15.0. The lowest BCUT2D eigenvalue weighted by Gasteiger charge is -2.22. The summed E-state index contributed by atoms with van der Waals surface area (Å²) in [6.45, 7) is 2.60. The van der Waals surface area contributed by atoms with Crippen LogP contribution in [-0.2, 0) is 9.59 Å². The summed E-state index contributed by atoms with van der Waals surface area (Å²) >= 11 is 0. The van der Waals surface area contributed by atoms with Gasteiger partial charge in [-0.3, -0.25) is 9.59 Å². The third-order valence-electron chi connectivity index (χ3n) is 4.74. The minimum Gasteiger partial charge on any atom is -0.494 e. The van der Waals surface area contributed by atoms with Crippen molar-refractivity contribution in [2.75, 3.05) is 6.61 Å². The number of benzene rings is 1. The minimum absolute atomic E-state index is 0.0475. The van der Waals surface area contributed by atoms with Gasteiger partial charge in [-0.2, -0.15) is 0 Å². The Bertz CT molecular complexity index is 573. The summed E-state index contributed by atoms with van der Waals surface area (Å²) in [5, 5.41) is 12.3. The number of hydrogen-bond donors (Lipinski definition) is 2. The Kier molecular flexibility index (Phi) is 7.76. The van der Waals surface area contributed by atoms with Crippen LogP contribution in [0.3, 0.4) is 0 Å². The number of aliphatic carboxylic acids is 1. The number of carbonyl (C=O) groups is 2. The SMILES string of the molecule is Cc1cccc(OCCCCC(=O)N[C@H]2CCCCC[C@H]2C(=O)O)c1. The standard InChI is InChI=1S/C20H29NO4/c1-15-8-7-9-16(14-15)25-13-6-5-12-19(22)21-18-11-4-2-3-10-17(18)20(23)24/h7-9,14,17-18H,2-6,10-13H2,1H3,(H,21,22)(H,23,24)/t17-,18+/m1/s1. The highest BCUT2D eigenvalue weighted by Gasteiger charge is 2.30. The molecule has 0 heterocycles. The van der Waals surface area contributed by atoms with E-state index in [0.717, 1.165) is 49.8 Å². The molecule has 1 fully saturated rings. The molecule has 138 valence electrons. The zero-order chi connectivity index (χ0) is 18.1. The van der Waals surface area contributed by atoms with Gasteiger partial charge in [-0.15, -0.1) is 0 Å². The molecule has 0 bridgehead atoms. The third kappa shape index (κ3) is 6.77. The van der Waals surface area contributed by atoms with Crippen molar-refractivity contribution >= 4 is 11.9 Å². The fraction of sp³-hybridized carbons (Fsp3) is 0.600. The first kappa shape index (κ1) is 19.3. The lowest BCUT2D eigenvalue weighted by molar-refractivity contribution is -0.143. The summed E-state index contributed by atoms with van der Waals surface area (Å²) < 4.78 is 5.67. The molecule has 0 aliphatic heterocycles. The van der Waals surface area contributed by atoms with E-state index in [9.17, 15) is 14.7 Å². The van der Waals surface area contributed by atoms with Crippen molar-refractivity contribution in [3.8, 4) is 5.75 Å². The second-order valence-corrected chi connectivity index (χ2v) is 6.88. The first-order valence-corrected chi connectivity index (χ1v) is 9.28. The number of aryl methyl sites for hydroxylation is 1. The van der Waals surface area contributed by atoms with Gasteiger partial charge in [-0.1, -0.05) is 31.4 Å². The Morgan fingerprint density at radius 1 is 1.20 bits per heavy atom. The summed E-state index contributed by atoms with van der Waals surface area (Å²) in [5.41, 5.74) is 1.16. The monoisotopic (exact) mass is 347 g/mol. The first-order chi connectivity index (χ1) is 12.1. The Hall–Kier alpha value is -2.04. The van der Waals surface area contributed by atoms with Crippen LogP contribution in [0, 0.1) is 12.8 Å². The van der Waals surface area contributed by atoms with Crippen molar-refractivity contribution < 1.29 is 19.4 Å². The highest BCUT2D eigenvalue weighted by Crippen LogP contribution is 2.24. The van der Waals surface area contributed by atoms with Crippen LogP contribution in [0.4, 0.5) is 0 Å². The molecule has 1 amide bonds. The normalized spacial score (nSPS) is 20.5. The van der Waals surface area contributed by atoms with E-state index in [1.165, 1.54) is 0 Å². The maximum Gasteiger partial charge on any atom is 0.308 e. The maximum atomic E-state index is 12.1. The van der Waals surface area contributed by atoms with Crippen LogP contribution < -0.4 is 10.1 Å². The zero-order valence-corrected chi connectivity index (χ0v) is 15.0. The average molecular weight is 347 g/mol. The number of carbonyl (C=O) groups excluding carboxylic acids is 1. The predicted octanol–water partition coefficient (Wildman–Crippen LogP) is 3.69. The van der Waals surface area contributed by atoms with E-state index < -0.39 is 11.9 Å². The lowest BCUT2D eigenvalue weighted by Crippen LogP contribution is -2.42. The van der Waals surface area contributed by atoms with Gasteiger partial charge in [-0.25, -0.2) is 0 Å². The Morgan fingerprint density at radius 2 is 2.00 bits per heavy atom. The molecule has 25 heavy (non-hydrogen) atoms. The van der Waals surface area contributed by atoms with E-state index in [4.69, 9.17) is 4.74 Å². The number of carboxylic acid groups (broad SMARTS) is 1. The maximum absolute atomic E-state index is 12.1. The number of unbranched alkanes of at least 4 members (excludes halogenated alkanes) is 1. The number of amides is 1. The van der Waals surface area contributed by atoms with Crippen LogP contribution in [0.1, 0.15) is 56.9 Å². The van der Waals surface area contributed by atoms with Gasteiger partial charge in [0, 0.05) is 12.5 Å². The highest BCUT2D eigenvalue weighted by atomic mass is 16.5. The molecule has 0 saturated heterocycles. The molecule has 1 aliphatic rings. The van der Waals surface area contributed by atoms with Crippen molar-refractivity contribution in [2.24, 2.45) is 5.92 Å². The van der Waals surface area contributed by atoms with Gasteiger partial charge in [0.15, 0.2) is 0 Å². The molecule has 0 spiro atoms. The van der Waals surface area contributed by atoms with Crippen molar-refractivity contribution in [2.45, 2.75) is 64.3 Å². The van der Waals surface area contributed by atoms with Crippen molar-refractivity contribution in [3.63, 3.8) is 0 Å². The van der Waals surface area contributed by atoms with E-state index in [0.29, 0.717) is 19.4 Å². The van der Waals surface area contributed by atoms with E-state index in [1.807, 2.05) is 31.2 Å². The van der Waals surface area contributed by atoms with Gasteiger partial charge in [0.1, 0.15) is 5.75 Å². The smallest absolute Gasteiger partial charge is 0.308 e. The van der Waals surface area contributed by atoms with Gasteiger partial charge >= 0.3 is 5.97 Å². The quantitative estimate of drug-likeness (QED) is 0.555. The molecule has 1 aromatic carbocycles. The Labute approximate surface area is 149 Å². The van der Waals surface area contributed by atoms with Crippen LogP contribution in [0.2, 0.25) is 0 Å². The fourth-order valence-electron chi connectivity index (χ4n) is 3.34. The van der Waals surface area contributed by atoms with Crippen molar-refractivity contribution in [1.82, 2.24) is 5.32 Å². The summed E-state index contributed by atoms with van der Waals surface area (Å²) in [5.74, 6) is -0.434. The Morgan fingerprint density at radius 3 is 2.76 bits per heavy atom. The first-order valence-electron chi connectivity index (χ1n) is 9.28. The fourth-order valence-corrected chi connectivity index (χ4v) is 3.34. The van der Waals surface area contributed by atoms with Crippen LogP contribution in [0.15, 0.2) is 24.3 Å². The third-order valence-corrected chi connectivity index (χ3v) is 4.74. The number of nitrogens with one attached hydrogen (secondary N) is 1. The molecule has 2 atom stereocenters. The van der Waals surface area contributed by atoms with Crippen LogP contribution in [0.5, 0.6) is 5.75 Å². The number of ether oxygens (including phenoxy) is 1. The molecule has 0 unspecified atom stereocenters. The van der Waals surface area contributed by atoms with Crippen LogP contribution in [-0.4, -0.2) is 29.6 Å². The molecule has 2 rings (SSSR count). The molecule has 1 aromatic rings. The highest BCUT2D eigenvalue weighted by molar-refractivity contribution is 5.78. The summed E-state index contributed by atoms with van der Waals surface area (Å²) in [4.78, 5) is 23.5. The molecule has 5 heteroatoms. The molecule has 0 aromatic heterocycles. The van der Waals surface area contributed by atoms with Gasteiger partial charge in [-0.05, 0) is 50.3 Å². The topological polar surface area (TPSA) is 75.6 Å². The van der Waals surface area contributed by atoms with Crippen molar-refractivity contribution in [1.29, 1.82) is 0 Å².